The van der Waals surface area contributed by atoms with E-state index >= 15 is 0 Å². The predicted molar refractivity (Wildman–Crippen MR) is 111 cm³/mol. The van der Waals surface area contributed by atoms with Gasteiger partial charge in [-0.25, -0.2) is 4.79 Å². The molecule has 0 radical (unpaired) electrons. The second-order valence-electron chi connectivity index (χ2n) is 6.95. The molecule has 3 aromatic rings. The van der Waals surface area contributed by atoms with Gasteiger partial charge in [-0.1, -0.05) is 41.9 Å². The second-order valence-corrected chi connectivity index (χ2v) is 8.41. The summed E-state index contributed by atoms with van der Waals surface area (Å²) in [5.41, 5.74) is 1.44. The third-order valence-electron chi connectivity index (χ3n) is 5.34. The van der Waals surface area contributed by atoms with Crippen molar-refractivity contribution >= 4 is 52.1 Å². The van der Waals surface area contributed by atoms with Crippen LogP contribution in [0.1, 0.15) is 26.5 Å². The summed E-state index contributed by atoms with van der Waals surface area (Å²) in [7, 11) is 0. The smallest absolute Gasteiger partial charge is 0.346 e. The zero-order valence-electron chi connectivity index (χ0n) is 14.8. The lowest BCUT2D eigenvalue weighted by Crippen LogP contribution is -2.42. The Hall–Kier alpha value is -3.16. The first-order valence-electron chi connectivity index (χ1n) is 8.79. The quantitative estimate of drug-likeness (QED) is 0.570. The Labute approximate surface area is 174 Å². The number of halogens is 1. The Morgan fingerprint density at radius 3 is 2.52 bits per heavy atom. The molecule has 2 amide bonds. The van der Waals surface area contributed by atoms with Gasteiger partial charge < -0.3 is 15.7 Å². The zero-order chi connectivity index (χ0) is 20.3. The van der Waals surface area contributed by atoms with Gasteiger partial charge in [-0.2, -0.15) is 0 Å². The van der Waals surface area contributed by atoms with E-state index in [4.69, 9.17) is 11.6 Å². The van der Waals surface area contributed by atoms with Crippen molar-refractivity contribution in [2.45, 2.75) is 11.8 Å². The van der Waals surface area contributed by atoms with Gasteiger partial charge >= 0.3 is 5.97 Å². The van der Waals surface area contributed by atoms with Gasteiger partial charge in [0, 0.05) is 16.3 Å². The number of anilines is 2. The first-order chi connectivity index (χ1) is 13.9. The van der Waals surface area contributed by atoms with E-state index in [2.05, 4.69) is 10.6 Å². The maximum absolute atomic E-state index is 13.1. The molecule has 144 valence electrons. The molecule has 1 aromatic heterocycles. The monoisotopic (exact) mass is 424 g/mol. The number of fused-ring (bicyclic) bond motifs is 4. The number of hydrogen-bond acceptors (Lipinski definition) is 4. The molecule has 0 bridgehead atoms. The zero-order valence-corrected chi connectivity index (χ0v) is 16.4. The number of amides is 2. The topological polar surface area (TPSA) is 95.5 Å². The first kappa shape index (κ1) is 17.9. The molecule has 8 heteroatoms. The minimum absolute atomic E-state index is 0.0658. The van der Waals surface area contributed by atoms with Crippen molar-refractivity contribution in [1.29, 1.82) is 0 Å². The van der Waals surface area contributed by atoms with Crippen molar-refractivity contribution < 1.29 is 19.5 Å². The lowest BCUT2D eigenvalue weighted by Gasteiger charge is -2.31. The molecule has 0 saturated heterocycles. The average Bonchev–Trinajstić information content (AvgIpc) is 3.20. The van der Waals surface area contributed by atoms with Gasteiger partial charge in [0.15, 0.2) is 0 Å². The van der Waals surface area contributed by atoms with Crippen LogP contribution in [0.5, 0.6) is 0 Å². The highest BCUT2D eigenvalue weighted by Gasteiger charge is 2.55. The number of nitrogens with one attached hydrogen (secondary N) is 2. The molecule has 1 atom stereocenters. The summed E-state index contributed by atoms with van der Waals surface area (Å²) in [5.74, 6) is -1.78. The van der Waals surface area contributed by atoms with Gasteiger partial charge in [-0.15, -0.1) is 11.3 Å². The highest BCUT2D eigenvalue weighted by atomic mass is 35.5. The highest BCUT2D eigenvalue weighted by Crippen LogP contribution is 2.56. The average molecular weight is 425 g/mol. The number of carbonyl (C=O) groups excluding carboxylic acids is 2. The van der Waals surface area contributed by atoms with Crippen LogP contribution >= 0.6 is 22.9 Å². The van der Waals surface area contributed by atoms with Crippen LogP contribution in [-0.2, 0) is 15.0 Å². The molecular formula is C21H13ClN2O4S. The highest BCUT2D eigenvalue weighted by molar-refractivity contribution is 7.15. The predicted octanol–water partition coefficient (Wildman–Crippen LogP) is 4.35. The molecular weight excluding hydrogens is 412 g/mol. The summed E-state index contributed by atoms with van der Waals surface area (Å²) in [6.45, 7) is 0. The van der Waals surface area contributed by atoms with Crippen molar-refractivity contribution in [3.05, 3.63) is 68.9 Å². The fourth-order valence-electron chi connectivity index (χ4n) is 4.11. The van der Waals surface area contributed by atoms with Crippen LogP contribution < -0.4 is 10.6 Å². The summed E-state index contributed by atoms with van der Waals surface area (Å²) < 4.78 is 0. The van der Waals surface area contributed by atoms with E-state index in [1.807, 2.05) is 0 Å². The van der Waals surface area contributed by atoms with E-state index in [9.17, 15) is 19.5 Å². The number of carbonyl (C=O) groups is 3. The maximum Gasteiger partial charge on any atom is 0.346 e. The lowest BCUT2D eigenvalue weighted by atomic mass is 9.74. The number of benzene rings is 2. The van der Waals surface area contributed by atoms with Crippen LogP contribution in [0.25, 0.3) is 11.1 Å². The van der Waals surface area contributed by atoms with E-state index in [0.29, 0.717) is 38.0 Å². The van der Waals surface area contributed by atoms with Crippen LogP contribution in [0.15, 0.2) is 48.5 Å². The van der Waals surface area contributed by atoms with Gasteiger partial charge in [0.25, 0.3) is 0 Å². The summed E-state index contributed by atoms with van der Waals surface area (Å²) >= 11 is 7.01. The molecule has 5 rings (SSSR count). The normalized spacial score (nSPS) is 19.5. The van der Waals surface area contributed by atoms with E-state index in [0.717, 1.165) is 11.3 Å². The molecule has 1 spiro atoms. The Morgan fingerprint density at radius 1 is 1.07 bits per heavy atom. The van der Waals surface area contributed by atoms with E-state index in [1.54, 1.807) is 48.5 Å². The minimum Gasteiger partial charge on any atom is -0.477 e. The van der Waals surface area contributed by atoms with Gasteiger partial charge in [-0.3, -0.25) is 9.59 Å². The van der Waals surface area contributed by atoms with Crippen molar-refractivity contribution in [2.75, 3.05) is 10.6 Å². The van der Waals surface area contributed by atoms with Crippen molar-refractivity contribution in [2.24, 2.45) is 0 Å². The summed E-state index contributed by atoms with van der Waals surface area (Å²) in [6, 6.07) is 13.9. The van der Waals surface area contributed by atoms with Crippen molar-refractivity contribution in [1.82, 2.24) is 0 Å². The van der Waals surface area contributed by atoms with E-state index in [-0.39, 0.29) is 23.1 Å². The largest absolute Gasteiger partial charge is 0.477 e. The number of hydrogen-bond donors (Lipinski definition) is 3. The Bertz CT molecular complexity index is 1220. The number of thiophene rings is 1. The van der Waals surface area contributed by atoms with Crippen molar-refractivity contribution in [3.8, 4) is 11.1 Å². The van der Waals surface area contributed by atoms with Crippen LogP contribution in [0.2, 0.25) is 5.02 Å². The third-order valence-corrected chi connectivity index (χ3v) is 6.93. The molecule has 3 N–H and O–H groups in total. The van der Waals surface area contributed by atoms with Gasteiger partial charge in [0.05, 0.1) is 17.0 Å². The molecule has 2 aromatic carbocycles. The molecule has 6 nitrogen and oxygen atoms in total. The second kappa shape index (κ2) is 6.17. The van der Waals surface area contributed by atoms with Crippen LogP contribution in [-0.4, -0.2) is 22.9 Å². The van der Waals surface area contributed by atoms with E-state index < -0.39 is 11.4 Å². The number of para-hydroxylation sites is 1. The van der Waals surface area contributed by atoms with Crippen LogP contribution in [0.3, 0.4) is 0 Å². The molecule has 29 heavy (non-hydrogen) atoms. The van der Waals surface area contributed by atoms with Crippen molar-refractivity contribution in [3.63, 3.8) is 0 Å². The molecule has 0 saturated carbocycles. The molecule has 2 aliphatic rings. The fourth-order valence-corrected chi connectivity index (χ4v) is 5.56. The van der Waals surface area contributed by atoms with E-state index in [1.165, 1.54) is 0 Å². The van der Waals surface area contributed by atoms with Crippen LogP contribution in [0, 0.1) is 0 Å². The molecule has 0 fully saturated rings. The summed E-state index contributed by atoms with van der Waals surface area (Å²) in [4.78, 5) is 38.5. The number of carboxylic acids is 1. The Morgan fingerprint density at radius 2 is 1.79 bits per heavy atom. The summed E-state index contributed by atoms with van der Waals surface area (Å²) in [5, 5.41) is 16.0. The molecule has 0 aliphatic carbocycles. The standard InChI is InChI=1S/C21H13ClN2O4S/c22-11-7-5-10(6-8-11)15-16-18(29-17(15)19(26)27)21(9-14(25)24-16)12-3-1-2-4-13(12)23-20(21)28/h1-8H,9H2,(H,23,28)(H,24,25)(H,26,27)/t21-/m0/s1. The summed E-state index contributed by atoms with van der Waals surface area (Å²) in [6.07, 6.45) is -0.0809. The molecule has 2 aliphatic heterocycles. The SMILES string of the molecule is O=C1C[C@@]2(C(=O)Nc3ccccc32)c2sc(C(=O)O)c(-c3ccc(Cl)cc3)c2N1. The van der Waals surface area contributed by atoms with Gasteiger partial charge in [0.2, 0.25) is 11.8 Å². The minimum atomic E-state index is -1.24. The van der Waals surface area contributed by atoms with Crippen LogP contribution in [0.4, 0.5) is 11.4 Å². The van der Waals surface area contributed by atoms with Gasteiger partial charge in [0.1, 0.15) is 10.3 Å². The Kier molecular flexibility index (Phi) is 3.81. The maximum atomic E-state index is 13.1. The Balaban J connectivity index is 1.84. The number of carboxylic acid groups (broad SMARTS) is 1. The first-order valence-corrected chi connectivity index (χ1v) is 9.98. The fraction of sp³-hybridized carbons (Fsp3) is 0.0952. The third kappa shape index (κ3) is 2.44. The molecule has 0 unspecified atom stereocenters. The molecule has 3 heterocycles. The number of aromatic carboxylic acids is 1. The number of rotatable bonds is 2. The van der Waals surface area contributed by atoms with Gasteiger partial charge in [-0.05, 0) is 29.3 Å². The lowest BCUT2D eigenvalue weighted by molar-refractivity contribution is -0.125.